The zero-order chi connectivity index (χ0) is 13.8. The quantitative estimate of drug-likeness (QED) is 0.809. The monoisotopic (exact) mass is 289 g/mol. The van der Waals surface area contributed by atoms with E-state index in [1.54, 1.807) is 36.0 Å². The molecular formula is C12H19NO3S2. The maximum absolute atomic E-state index is 11.8. The summed E-state index contributed by atoms with van der Waals surface area (Å²) in [6.45, 7) is 2.14. The van der Waals surface area contributed by atoms with E-state index in [-0.39, 0.29) is 12.5 Å². The fourth-order valence-electron chi connectivity index (χ4n) is 1.21. The molecule has 0 radical (unpaired) electrons. The van der Waals surface area contributed by atoms with E-state index in [0.29, 0.717) is 4.90 Å². The van der Waals surface area contributed by atoms with Crippen LogP contribution in [0.2, 0.25) is 0 Å². The number of rotatable bonds is 6. The summed E-state index contributed by atoms with van der Waals surface area (Å²) >= 11 is 1.61. The number of benzene rings is 1. The second-order valence-corrected chi connectivity index (χ2v) is 7.60. The molecule has 1 unspecified atom stereocenters. The fourth-order valence-corrected chi connectivity index (χ4v) is 3.02. The van der Waals surface area contributed by atoms with Crippen LogP contribution >= 0.6 is 11.8 Å². The first kappa shape index (κ1) is 15.5. The third-order valence-corrected chi connectivity index (χ3v) is 5.62. The molecule has 0 aliphatic rings. The van der Waals surface area contributed by atoms with Crippen LogP contribution in [-0.4, -0.2) is 44.3 Å². The summed E-state index contributed by atoms with van der Waals surface area (Å²) in [5.41, 5.74) is 0. The van der Waals surface area contributed by atoms with Crippen molar-refractivity contribution in [1.29, 1.82) is 0 Å². The first-order valence-electron chi connectivity index (χ1n) is 5.64. The van der Waals surface area contributed by atoms with Crippen LogP contribution in [0.5, 0.6) is 0 Å². The van der Waals surface area contributed by atoms with Crippen LogP contribution in [0.3, 0.4) is 0 Å². The highest BCUT2D eigenvalue weighted by atomic mass is 32.2. The molecule has 1 atom stereocenters. The Balaban J connectivity index is 2.75. The smallest absolute Gasteiger partial charge is 0.242 e. The maximum Gasteiger partial charge on any atom is 0.242 e. The van der Waals surface area contributed by atoms with E-state index >= 15 is 0 Å². The molecule has 6 heteroatoms. The zero-order valence-corrected chi connectivity index (χ0v) is 12.5. The Bertz CT molecular complexity index is 469. The average molecular weight is 289 g/mol. The topological polar surface area (TPSA) is 57.6 Å². The molecule has 0 spiro atoms. The highest BCUT2D eigenvalue weighted by molar-refractivity contribution is 7.99. The number of hydrogen-bond donors (Lipinski definition) is 1. The first-order valence-corrected chi connectivity index (χ1v) is 8.06. The molecular weight excluding hydrogens is 270 g/mol. The van der Waals surface area contributed by atoms with Gasteiger partial charge in [-0.15, -0.1) is 11.8 Å². The summed E-state index contributed by atoms with van der Waals surface area (Å²) in [6, 6.07) is 6.82. The molecule has 1 aromatic carbocycles. The molecule has 0 amide bonds. The molecule has 18 heavy (non-hydrogen) atoms. The third kappa shape index (κ3) is 3.98. The van der Waals surface area contributed by atoms with Crippen LogP contribution in [0.15, 0.2) is 34.1 Å². The second-order valence-electron chi connectivity index (χ2n) is 4.36. The molecule has 0 fully saturated rings. The van der Waals surface area contributed by atoms with Gasteiger partial charge in [-0.25, -0.2) is 12.7 Å². The number of sulfonamides is 1. The van der Waals surface area contributed by atoms with Gasteiger partial charge >= 0.3 is 0 Å². The lowest BCUT2D eigenvalue weighted by molar-refractivity contribution is 0.250. The van der Waals surface area contributed by atoms with Gasteiger partial charge in [0, 0.05) is 31.4 Å². The van der Waals surface area contributed by atoms with E-state index in [9.17, 15) is 8.42 Å². The Labute approximate surface area is 113 Å². The number of hydrogen-bond acceptors (Lipinski definition) is 4. The zero-order valence-electron chi connectivity index (χ0n) is 10.8. The molecule has 0 aliphatic heterocycles. The van der Waals surface area contributed by atoms with E-state index in [0.717, 1.165) is 10.6 Å². The number of aliphatic hydroxyl groups excluding tert-OH is 1. The van der Waals surface area contributed by atoms with Crippen molar-refractivity contribution in [1.82, 2.24) is 4.31 Å². The summed E-state index contributed by atoms with van der Waals surface area (Å²) in [7, 11) is -0.316. The molecule has 0 aromatic heterocycles. The molecule has 1 aromatic rings. The Morgan fingerprint density at radius 3 is 2.28 bits per heavy atom. The van der Waals surface area contributed by atoms with E-state index in [1.165, 1.54) is 18.4 Å². The normalized spacial score (nSPS) is 13.8. The Kier molecular flexibility index (Phi) is 5.65. The minimum Gasteiger partial charge on any atom is -0.396 e. The van der Waals surface area contributed by atoms with Gasteiger partial charge in [-0.2, -0.15) is 0 Å². The van der Waals surface area contributed by atoms with Gasteiger partial charge < -0.3 is 5.11 Å². The van der Waals surface area contributed by atoms with Crippen molar-refractivity contribution in [3.63, 3.8) is 0 Å². The number of thioether (sulfide) groups is 1. The summed E-state index contributed by atoms with van der Waals surface area (Å²) in [5, 5.41) is 8.93. The van der Waals surface area contributed by atoms with Crippen molar-refractivity contribution in [3.05, 3.63) is 24.3 Å². The number of nitrogens with zero attached hydrogens (tertiary/aromatic N) is 1. The van der Waals surface area contributed by atoms with Crippen LogP contribution < -0.4 is 0 Å². The Hall–Kier alpha value is -0.560. The summed E-state index contributed by atoms with van der Waals surface area (Å²) in [5.74, 6) is 1.05. The predicted octanol–water partition coefficient (Wildman–Crippen LogP) is 1.66. The van der Waals surface area contributed by atoms with Crippen LogP contribution in [0, 0.1) is 5.92 Å². The molecule has 0 aliphatic carbocycles. The van der Waals surface area contributed by atoms with Crippen LogP contribution in [-0.2, 0) is 10.0 Å². The lowest BCUT2D eigenvalue weighted by Crippen LogP contribution is -2.22. The third-order valence-electron chi connectivity index (χ3n) is 2.45. The molecule has 4 nitrogen and oxygen atoms in total. The van der Waals surface area contributed by atoms with Crippen molar-refractivity contribution in [3.8, 4) is 0 Å². The van der Waals surface area contributed by atoms with Crippen molar-refractivity contribution in [2.45, 2.75) is 16.7 Å². The van der Waals surface area contributed by atoms with Gasteiger partial charge in [0.25, 0.3) is 0 Å². The molecule has 1 N–H and O–H groups in total. The molecule has 1 rings (SSSR count). The minimum atomic E-state index is -3.35. The van der Waals surface area contributed by atoms with Gasteiger partial charge in [0.2, 0.25) is 10.0 Å². The van der Waals surface area contributed by atoms with Crippen LogP contribution in [0.25, 0.3) is 0 Å². The van der Waals surface area contributed by atoms with Crippen LogP contribution in [0.4, 0.5) is 0 Å². The predicted molar refractivity (Wildman–Crippen MR) is 74.3 cm³/mol. The van der Waals surface area contributed by atoms with Gasteiger partial charge in [-0.1, -0.05) is 6.92 Å². The summed E-state index contributed by atoms with van der Waals surface area (Å²) < 4.78 is 24.9. The van der Waals surface area contributed by atoms with E-state index in [4.69, 9.17) is 5.11 Å². The molecule has 0 heterocycles. The van der Waals surface area contributed by atoms with Crippen molar-refractivity contribution >= 4 is 21.8 Å². The first-order chi connectivity index (χ1) is 8.37. The maximum atomic E-state index is 11.8. The standard InChI is InChI=1S/C12H19NO3S2/c1-10(8-14)9-17-11-4-6-12(7-5-11)18(15,16)13(2)3/h4-7,10,14H,8-9H2,1-3H3. The highest BCUT2D eigenvalue weighted by Gasteiger charge is 2.16. The second kappa shape index (κ2) is 6.56. The Morgan fingerprint density at radius 1 is 1.28 bits per heavy atom. The van der Waals surface area contributed by atoms with Crippen molar-refractivity contribution < 1.29 is 13.5 Å². The minimum absolute atomic E-state index is 0.167. The lowest BCUT2D eigenvalue weighted by Gasteiger charge is -2.12. The summed E-state index contributed by atoms with van der Waals surface area (Å²) in [6.07, 6.45) is 0. The largest absolute Gasteiger partial charge is 0.396 e. The average Bonchev–Trinajstić information content (AvgIpc) is 2.36. The molecule has 0 saturated carbocycles. The molecule has 102 valence electrons. The highest BCUT2D eigenvalue weighted by Crippen LogP contribution is 2.23. The van der Waals surface area contributed by atoms with Crippen LogP contribution in [0.1, 0.15) is 6.92 Å². The van der Waals surface area contributed by atoms with Gasteiger partial charge in [-0.05, 0) is 30.2 Å². The summed E-state index contributed by atoms with van der Waals surface area (Å²) in [4.78, 5) is 1.31. The van der Waals surface area contributed by atoms with Gasteiger partial charge in [0.15, 0.2) is 0 Å². The fraction of sp³-hybridized carbons (Fsp3) is 0.500. The SMILES string of the molecule is CC(CO)CSc1ccc(S(=O)(=O)N(C)C)cc1. The van der Waals surface area contributed by atoms with Crippen molar-refractivity contribution in [2.24, 2.45) is 5.92 Å². The van der Waals surface area contributed by atoms with Gasteiger partial charge in [-0.3, -0.25) is 0 Å². The van der Waals surface area contributed by atoms with Gasteiger partial charge in [0.1, 0.15) is 0 Å². The van der Waals surface area contributed by atoms with Crippen molar-refractivity contribution in [2.75, 3.05) is 26.5 Å². The van der Waals surface area contributed by atoms with E-state index < -0.39 is 10.0 Å². The lowest BCUT2D eigenvalue weighted by atomic mass is 10.2. The molecule has 0 bridgehead atoms. The number of aliphatic hydroxyl groups is 1. The molecule has 0 saturated heterocycles. The Morgan fingerprint density at radius 2 is 1.83 bits per heavy atom. The van der Waals surface area contributed by atoms with Gasteiger partial charge in [0.05, 0.1) is 4.90 Å². The van der Waals surface area contributed by atoms with E-state index in [1.807, 2.05) is 6.92 Å². The van der Waals surface area contributed by atoms with E-state index in [2.05, 4.69) is 0 Å².